The average Bonchev–Trinajstić information content (AvgIpc) is 2.70. The van der Waals surface area contributed by atoms with E-state index in [2.05, 4.69) is 9.97 Å². The second kappa shape index (κ2) is 3.63. The van der Waals surface area contributed by atoms with Crippen LogP contribution in [0.2, 0.25) is 0 Å². The first-order chi connectivity index (χ1) is 6.83. The summed E-state index contributed by atoms with van der Waals surface area (Å²) in [6.45, 7) is 0. The summed E-state index contributed by atoms with van der Waals surface area (Å²) in [5.74, 6) is 0.259. The smallest absolute Gasteiger partial charge is 0.293 e. The van der Waals surface area contributed by atoms with E-state index in [0.717, 1.165) is 4.88 Å². The predicted molar refractivity (Wildman–Crippen MR) is 54.7 cm³/mol. The maximum Gasteiger partial charge on any atom is 0.293 e. The van der Waals surface area contributed by atoms with Gasteiger partial charge in [-0.15, -0.1) is 11.3 Å². The molecule has 72 valence electrons. The number of hydrogen-bond acceptors (Lipinski definition) is 4. The van der Waals surface area contributed by atoms with E-state index < -0.39 is 0 Å². The van der Waals surface area contributed by atoms with Gasteiger partial charge in [-0.3, -0.25) is 4.79 Å². The van der Waals surface area contributed by atoms with E-state index in [0.29, 0.717) is 5.69 Å². The molecule has 5 heteroatoms. The number of H-pyrrole nitrogens is 1. The molecule has 0 fully saturated rings. The van der Waals surface area contributed by atoms with Gasteiger partial charge < -0.3 is 9.72 Å². The summed E-state index contributed by atoms with van der Waals surface area (Å²) >= 11 is 1.52. The summed E-state index contributed by atoms with van der Waals surface area (Å²) in [6.07, 6.45) is 1.37. The van der Waals surface area contributed by atoms with Crippen molar-refractivity contribution in [2.24, 2.45) is 0 Å². The first-order valence-corrected chi connectivity index (χ1v) is 4.86. The second-order valence-electron chi connectivity index (χ2n) is 2.59. The number of rotatable bonds is 2. The SMILES string of the molecule is COc1c(-c2cccs2)nc[nH]c1=O. The van der Waals surface area contributed by atoms with Crippen LogP contribution >= 0.6 is 11.3 Å². The summed E-state index contributed by atoms with van der Waals surface area (Å²) in [6, 6.07) is 3.80. The first kappa shape index (κ1) is 8.96. The fraction of sp³-hybridized carbons (Fsp3) is 0.111. The molecule has 0 saturated carbocycles. The highest BCUT2D eigenvalue weighted by molar-refractivity contribution is 7.13. The Balaban J connectivity index is 2.64. The molecule has 0 bridgehead atoms. The summed E-state index contributed by atoms with van der Waals surface area (Å²) in [5.41, 5.74) is 0.331. The maximum absolute atomic E-state index is 11.4. The monoisotopic (exact) mass is 208 g/mol. The van der Waals surface area contributed by atoms with Crippen LogP contribution in [0.1, 0.15) is 0 Å². The summed E-state index contributed by atoms with van der Waals surface area (Å²) < 4.78 is 5.00. The Labute approximate surface area is 84.2 Å². The van der Waals surface area contributed by atoms with Crippen LogP contribution in [0.25, 0.3) is 10.6 Å². The molecule has 0 atom stereocenters. The van der Waals surface area contributed by atoms with E-state index >= 15 is 0 Å². The Morgan fingerprint density at radius 1 is 1.57 bits per heavy atom. The van der Waals surface area contributed by atoms with E-state index in [-0.39, 0.29) is 11.3 Å². The van der Waals surface area contributed by atoms with Crippen molar-refractivity contribution in [2.75, 3.05) is 7.11 Å². The molecule has 2 rings (SSSR count). The summed E-state index contributed by atoms with van der Waals surface area (Å²) in [5, 5.41) is 1.93. The average molecular weight is 208 g/mol. The predicted octanol–water partition coefficient (Wildman–Crippen LogP) is 1.51. The van der Waals surface area contributed by atoms with Gasteiger partial charge in [0.05, 0.1) is 18.3 Å². The number of thiophene rings is 1. The van der Waals surface area contributed by atoms with Crippen molar-refractivity contribution >= 4 is 11.3 Å². The topological polar surface area (TPSA) is 55.0 Å². The molecule has 0 aliphatic carbocycles. The molecule has 0 aromatic carbocycles. The second-order valence-corrected chi connectivity index (χ2v) is 3.54. The molecule has 0 amide bonds. The third-order valence-corrected chi connectivity index (χ3v) is 2.65. The minimum absolute atomic E-state index is 0.258. The first-order valence-electron chi connectivity index (χ1n) is 3.98. The molecule has 2 aromatic heterocycles. The van der Waals surface area contributed by atoms with E-state index in [1.807, 2.05) is 17.5 Å². The summed E-state index contributed by atoms with van der Waals surface area (Å²) in [4.78, 5) is 18.8. The number of methoxy groups -OCH3 is 1. The molecule has 14 heavy (non-hydrogen) atoms. The molecule has 0 unspecified atom stereocenters. The third kappa shape index (κ3) is 1.42. The minimum Gasteiger partial charge on any atom is -0.490 e. The Morgan fingerprint density at radius 2 is 2.43 bits per heavy atom. The van der Waals surface area contributed by atoms with Crippen LogP contribution in [0.5, 0.6) is 5.75 Å². The van der Waals surface area contributed by atoms with E-state index in [4.69, 9.17) is 4.74 Å². The van der Waals surface area contributed by atoms with Gasteiger partial charge in [-0.1, -0.05) is 6.07 Å². The fourth-order valence-corrected chi connectivity index (χ4v) is 1.88. The number of aromatic amines is 1. The normalized spacial score (nSPS) is 10.1. The highest BCUT2D eigenvalue weighted by Gasteiger charge is 2.11. The third-order valence-electron chi connectivity index (χ3n) is 1.77. The molecule has 0 aliphatic heterocycles. The lowest BCUT2D eigenvalue weighted by atomic mass is 10.3. The van der Waals surface area contributed by atoms with Crippen LogP contribution in [0.4, 0.5) is 0 Å². The van der Waals surface area contributed by atoms with Gasteiger partial charge in [-0.25, -0.2) is 4.98 Å². The van der Waals surface area contributed by atoms with Gasteiger partial charge >= 0.3 is 0 Å². The van der Waals surface area contributed by atoms with Crippen LogP contribution in [-0.4, -0.2) is 17.1 Å². The van der Waals surface area contributed by atoms with Crippen LogP contribution in [0.3, 0.4) is 0 Å². The fourth-order valence-electron chi connectivity index (χ4n) is 1.17. The molecule has 0 saturated heterocycles. The molecular formula is C9H8N2O2S. The van der Waals surface area contributed by atoms with Gasteiger partial charge in [0.25, 0.3) is 5.56 Å². The van der Waals surface area contributed by atoms with Crippen molar-refractivity contribution in [1.29, 1.82) is 0 Å². The van der Waals surface area contributed by atoms with E-state index in [9.17, 15) is 4.79 Å². The standard InChI is InChI=1S/C9H8N2O2S/c1-13-8-7(6-3-2-4-14-6)10-5-11-9(8)12/h2-5H,1H3,(H,10,11,12). The number of ether oxygens (including phenoxy) is 1. The number of aromatic nitrogens is 2. The summed E-state index contributed by atoms with van der Waals surface area (Å²) in [7, 11) is 1.46. The molecule has 0 radical (unpaired) electrons. The van der Waals surface area contributed by atoms with Crippen LogP contribution in [0.15, 0.2) is 28.6 Å². The zero-order chi connectivity index (χ0) is 9.97. The van der Waals surface area contributed by atoms with E-state index in [1.54, 1.807) is 0 Å². The highest BCUT2D eigenvalue weighted by atomic mass is 32.1. The van der Waals surface area contributed by atoms with Gasteiger partial charge in [-0.2, -0.15) is 0 Å². The lowest BCUT2D eigenvalue weighted by molar-refractivity contribution is 0.408. The minimum atomic E-state index is -0.258. The van der Waals surface area contributed by atoms with Crippen LogP contribution < -0.4 is 10.3 Å². The van der Waals surface area contributed by atoms with Crippen molar-refractivity contribution in [3.05, 3.63) is 34.2 Å². The van der Waals surface area contributed by atoms with Crippen LogP contribution in [0, 0.1) is 0 Å². The Hall–Kier alpha value is -1.62. The molecule has 4 nitrogen and oxygen atoms in total. The van der Waals surface area contributed by atoms with Crippen LogP contribution in [-0.2, 0) is 0 Å². The Bertz CT molecular complexity index is 476. The molecule has 0 spiro atoms. The van der Waals surface area contributed by atoms with Crippen molar-refractivity contribution in [3.8, 4) is 16.3 Å². The number of nitrogens with one attached hydrogen (secondary N) is 1. The van der Waals surface area contributed by atoms with Crippen molar-refractivity contribution < 1.29 is 4.74 Å². The lowest BCUT2D eigenvalue weighted by Crippen LogP contribution is -2.10. The largest absolute Gasteiger partial charge is 0.490 e. The maximum atomic E-state index is 11.4. The van der Waals surface area contributed by atoms with E-state index in [1.165, 1.54) is 24.8 Å². The van der Waals surface area contributed by atoms with Gasteiger partial charge in [0.15, 0.2) is 0 Å². The number of nitrogens with zero attached hydrogens (tertiary/aromatic N) is 1. The molecule has 2 heterocycles. The Kier molecular flexibility index (Phi) is 2.32. The zero-order valence-electron chi connectivity index (χ0n) is 7.48. The van der Waals surface area contributed by atoms with Gasteiger partial charge in [0, 0.05) is 0 Å². The van der Waals surface area contributed by atoms with Crippen molar-refractivity contribution in [3.63, 3.8) is 0 Å². The van der Waals surface area contributed by atoms with Gasteiger partial charge in [-0.05, 0) is 11.4 Å². The van der Waals surface area contributed by atoms with Crippen molar-refractivity contribution in [1.82, 2.24) is 9.97 Å². The van der Waals surface area contributed by atoms with Gasteiger partial charge in [0.2, 0.25) is 5.75 Å². The highest BCUT2D eigenvalue weighted by Crippen LogP contribution is 2.27. The lowest BCUT2D eigenvalue weighted by Gasteiger charge is -2.02. The molecule has 2 aromatic rings. The zero-order valence-corrected chi connectivity index (χ0v) is 8.30. The number of hydrogen-bond donors (Lipinski definition) is 1. The Morgan fingerprint density at radius 3 is 3.07 bits per heavy atom. The van der Waals surface area contributed by atoms with Gasteiger partial charge in [0.1, 0.15) is 5.69 Å². The quantitative estimate of drug-likeness (QED) is 0.813. The van der Waals surface area contributed by atoms with Crippen molar-refractivity contribution in [2.45, 2.75) is 0 Å². The molecule has 0 aliphatic rings. The molecular weight excluding hydrogens is 200 g/mol. The molecule has 1 N–H and O–H groups in total.